The third-order valence-electron chi connectivity index (χ3n) is 2.34. The van der Waals surface area contributed by atoms with E-state index in [1.54, 1.807) is 24.3 Å². The molecule has 0 spiro atoms. The molecule has 0 saturated carbocycles. The van der Waals surface area contributed by atoms with Gasteiger partial charge in [0.1, 0.15) is 5.25 Å². The van der Waals surface area contributed by atoms with Crippen LogP contribution in [0.15, 0.2) is 30.3 Å². The minimum absolute atomic E-state index is 0.0975. The Labute approximate surface area is 102 Å². The molecule has 0 aliphatic heterocycles. The molecule has 1 aromatic rings. The Hall–Kier alpha value is -1.23. The number of aliphatic carboxylic acids is 1. The largest absolute Gasteiger partial charge is 0.480 e. The van der Waals surface area contributed by atoms with E-state index in [2.05, 4.69) is 0 Å². The highest BCUT2D eigenvalue weighted by atomic mass is 32.2. The number of carboxylic acid groups (broad SMARTS) is 1. The maximum atomic E-state index is 12.0. The molecule has 0 aromatic heterocycles. The summed E-state index contributed by atoms with van der Waals surface area (Å²) >= 11 is 0. The molecule has 1 N–H and O–H groups in total. The number of carbonyl (C=O) groups is 1. The normalized spacial score (nSPS) is 14.2. The van der Waals surface area contributed by atoms with Crippen molar-refractivity contribution in [3.05, 3.63) is 35.9 Å². The summed E-state index contributed by atoms with van der Waals surface area (Å²) in [5.74, 6) is -0.994. The van der Waals surface area contributed by atoms with Crippen LogP contribution < -0.4 is 0 Å². The van der Waals surface area contributed by atoms with Crippen LogP contribution in [0.4, 0.5) is 4.39 Å². The second-order valence-corrected chi connectivity index (χ2v) is 5.38. The first kappa shape index (κ1) is 13.8. The monoisotopic (exact) mass is 258 g/mol. The highest BCUT2D eigenvalue weighted by Gasteiger charge is 2.24. The molecule has 3 nitrogen and oxygen atoms in total. The third-order valence-corrected chi connectivity index (χ3v) is 4.03. The highest BCUT2D eigenvalue weighted by molar-refractivity contribution is 7.86. The van der Waals surface area contributed by atoms with Crippen molar-refractivity contribution in [2.45, 2.75) is 18.1 Å². The summed E-state index contributed by atoms with van der Waals surface area (Å²) in [6.45, 7) is -0.566. The van der Waals surface area contributed by atoms with Gasteiger partial charge in [0.2, 0.25) is 0 Å². The average Bonchev–Trinajstić information content (AvgIpc) is 2.34. The topological polar surface area (TPSA) is 54.4 Å². The Morgan fingerprint density at radius 1 is 1.35 bits per heavy atom. The van der Waals surface area contributed by atoms with Crippen molar-refractivity contribution >= 4 is 16.8 Å². The molecule has 17 heavy (non-hydrogen) atoms. The Morgan fingerprint density at radius 3 is 2.53 bits per heavy atom. The predicted octanol–water partition coefficient (Wildman–Crippen LogP) is 1.79. The number of rotatable bonds is 7. The van der Waals surface area contributed by atoms with Crippen molar-refractivity contribution in [3.8, 4) is 0 Å². The van der Waals surface area contributed by atoms with Gasteiger partial charge in [-0.15, -0.1) is 0 Å². The van der Waals surface area contributed by atoms with Gasteiger partial charge in [0.25, 0.3) is 0 Å². The molecule has 0 amide bonds. The SMILES string of the molecule is O=C(O)C(Cc1ccccc1)S(=O)CCCF. The molecule has 94 valence electrons. The van der Waals surface area contributed by atoms with Gasteiger partial charge in [0.15, 0.2) is 0 Å². The van der Waals surface area contributed by atoms with Crippen LogP contribution in [0.3, 0.4) is 0 Å². The van der Waals surface area contributed by atoms with Gasteiger partial charge >= 0.3 is 5.97 Å². The lowest BCUT2D eigenvalue weighted by Gasteiger charge is -2.11. The van der Waals surface area contributed by atoms with E-state index in [0.717, 1.165) is 5.56 Å². The van der Waals surface area contributed by atoms with Crippen LogP contribution in [0.2, 0.25) is 0 Å². The third kappa shape index (κ3) is 4.65. The first-order valence-electron chi connectivity index (χ1n) is 5.35. The van der Waals surface area contributed by atoms with E-state index in [0.29, 0.717) is 0 Å². The second-order valence-electron chi connectivity index (χ2n) is 3.64. The van der Waals surface area contributed by atoms with Crippen molar-refractivity contribution < 1.29 is 18.5 Å². The number of halogens is 1. The van der Waals surface area contributed by atoms with Crippen LogP contribution >= 0.6 is 0 Å². The first-order chi connectivity index (χ1) is 8.15. The quantitative estimate of drug-likeness (QED) is 0.811. The van der Waals surface area contributed by atoms with Crippen molar-refractivity contribution in [1.82, 2.24) is 0 Å². The summed E-state index contributed by atoms with van der Waals surface area (Å²) in [6.07, 6.45) is 0.361. The van der Waals surface area contributed by atoms with E-state index < -0.39 is 28.7 Å². The van der Waals surface area contributed by atoms with Crippen molar-refractivity contribution in [2.75, 3.05) is 12.4 Å². The van der Waals surface area contributed by atoms with E-state index >= 15 is 0 Å². The van der Waals surface area contributed by atoms with Gasteiger partial charge in [-0.25, -0.2) is 0 Å². The zero-order valence-corrected chi connectivity index (χ0v) is 10.2. The lowest BCUT2D eigenvalue weighted by molar-refractivity contribution is -0.136. The summed E-state index contributed by atoms with van der Waals surface area (Å²) < 4.78 is 23.7. The summed E-state index contributed by atoms with van der Waals surface area (Å²) in [5, 5.41) is 8.06. The van der Waals surface area contributed by atoms with E-state index in [1.165, 1.54) is 0 Å². The maximum Gasteiger partial charge on any atom is 0.319 e. The van der Waals surface area contributed by atoms with Gasteiger partial charge in [0, 0.05) is 16.6 Å². The fourth-order valence-electron chi connectivity index (χ4n) is 1.46. The number of hydrogen-bond acceptors (Lipinski definition) is 2. The zero-order valence-electron chi connectivity index (χ0n) is 9.34. The second kappa shape index (κ2) is 7.17. The number of hydrogen-bond donors (Lipinski definition) is 1. The van der Waals surface area contributed by atoms with Crippen LogP contribution in [-0.4, -0.2) is 33.0 Å². The minimum Gasteiger partial charge on any atom is -0.480 e. The molecule has 0 radical (unpaired) electrons. The van der Waals surface area contributed by atoms with E-state index in [9.17, 15) is 13.4 Å². The molecule has 2 unspecified atom stereocenters. The lowest BCUT2D eigenvalue weighted by Crippen LogP contribution is -2.29. The maximum absolute atomic E-state index is 12.0. The van der Waals surface area contributed by atoms with Crippen molar-refractivity contribution in [2.24, 2.45) is 0 Å². The minimum atomic E-state index is -1.53. The van der Waals surface area contributed by atoms with Gasteiger partial charge in [-0.3, -0.25) is 13.4 Å². The standard InChI is InChI=1S/C12H15FO3S/c13-7-4-8-17(16)11(12(14)15)9-10-5-2-1-3-6-10/h1-3,5-6,11H,4,7-9H2,(H,14,15). The van der Waals surface area contributed by atoms with Crippen molar-refractivity contribution in [3.63, 3.8) is 0 Å². The Kier molecular flexibility index (Phi) is 5.83. The van der Waals surface area contributed by atoms with E-state index in [1.807, 2.05) is 6.07 Å². The number of benzene rings is 1. The molecule has 0 saturated heterocycles. The number of carboxylic acids is 1. The Balaban J connectivity index is 2.67. The average molecular weight is 258 g/mol. The molecule has 0 aliphatic rings. The molecule has 1 rings (SSSR count). The molecule has 0 bridgehead atoms. The molecule has 0 heterocycles. The Bertz CT molecular complexity index is 381. The summed E-state index contributed by atoms with van der Waals surface area (Å²) in [7, 11) is -1.53. The zero-order chi connectivity index (χ0) is 12.7. The van der Waals surface area contributed by atoms with Crippen LogP contribution in [0, 0.1) is 0 Å². The van der Waals surface area contributed by atoms with Gasteiger partial charge in [-0.05, 0) is 18.4 Å². The van der Waals surface area contributed by atoms with Crippen LogP contribution in [-0.2, 0) is 22.0 Å². The lowest BCUT2D eigenvalue weighted by atomic mass is 10.1. The molecule has 0 fully saturated rings. The Morgan fingerprint density at radius 2 is 2.00 bits per heavy atom. The van der Waals surface area contributed by atoms with Gasteiger partial charge in [-0.2, -0.15) is 0 Å². The van der Waals surface area contributed by atoms with Gasteiger partial charge in [-0.1, -0.05) is 30.3 Å². The van der Waals surface area contributed by atoms with E-state index in [-0.39, 0.29) is 18.6 Å². The van der Waals surface area contributed by atoms with Crippen LogP contribution in [0.5, 0.6) is 0 Å². The highest BCUT2D eigenvalue weighted by Crippen LogP contribution is 2.09. The molecule has 0 aliphatic carbocycles. The van der Waals surface area contributed by atoms with Gasteiger partial charge in [0.05, 0.1) is 6.67 Å². The van der Waals surface area contributed by atoms with Gasteiger partial charge < -0.3 is 5.11 Å². The van der Waals surface area contributed by atoms with Crippen LogP contribution in [0.25, 0.3) is 0 Å². The molecule has 1 aromatic carbocycles. The summed E-state index contributed by atoms with van der Waals surface area (Å²) in [6, 6.07) is 9.03. The molecular weight excluding hydrogens is 243 g/mol. The van der Waals surface area contributed by atoms with E-state index in [4.69, 9.17) is 5.11 Å². The fraction of sp³-hybridized carbons (Fsp3) is 0.417. The smallest absolute Gasteiger partial charge is 0.319 e. The van der Waals surface area contributed by atoms with Crippen molar-refractivity contribution in [1.29, 1.82) is 0 Å². The molecular formula is C12H15FO3S. The molecule has 2 atom stereocenters. The van der Waals surface area contributed by atoms with Crippen LogP contribution in [0.1, 0.15) is 12.0 Å². The first-order valence-corrected chi connectivity index (χ1v) is 6.73. The molecule has 5 heteroatoms. The number of alkyl halides is 1. The summed E-state index contributed by atoms with van der Waals surface area (Å²) in [5.41, 5.74) is 0.827. The fourth-order valence-corrected chi connectivity index (χ4v) is 2.74. The summed E-state index contributed by atoms with van der Waals surface area (Å²) in [4.78, 5) is 11.0. The predicted molar refractivity (Wildman–Crippen MR) is 65.2 cm³/mol.